The van der Waals surface area contributed by atoms with Crippen molar-refractivity contribution in [2.24, 2.45) is 0 Å². The van der Waals surface area contributed by atoms with Gasteiger partial charge in [0.15, 0.2) is 0 Å². The minimum atomic E-state index is -0.151. The van der Waals surface area contributed by atoms with Crippen LogP contribution < -0.4 is 5.56 Å². The summed E-state index contributed by atoms with van der Waals surface area (Å²) in [7, 11) is 0. The number of thioether (sulfide) groups is 1. The molecule has 1 saturated carbocycles. The lowest BCUT2D eigenvalue weighted by molar-refractivity contribution is 0.886. The molecule has 33 heavy (non-hydrogen) atoms. The zero-order valence-electron chi connectivity index (χ0n) is 17.8. The first kappa shape index (κ1) is 20.5. The number of fused-ring (bicyclic) bond motifs is 2. The van der Waals surface area contributed by atoms with Crippen LogP contribution in [0.3, 0.4) is 0 Å². The minimum Gasteiger partial charge on any atom is -0.307 e. The van der Waals surface area contributed by atoms with Crippen molar-refractivity contribution in [3.05, 3.63) is 76.2 Å². The fraction of sp³-hybridized carbons (Fsp3) is 0.192. The second-order valence-electron chi connectivity index (χ2n) is 8.43. The lowest BCUT2D eigenvalue weighted by Crippen LogP contribution is -2.07. The Hall–Kier alpha value is -3.09. The summed E-state index contributed by atoms with van der Waals surface area (Å²) in [4.78, 5) is 21.3. The van der Waals surface area contributed by atoms with Gasteiger partial charge in [0.1, 0.15) is 5.65 Å². The third-order valence-corrected chi connectivity index (χ3v) is 8.02. The first-order valence-electron chi connectivity index (χ1n) is 11.1. The normalized spacial score (nSPS) is 14.5. The molecule has 2 N–H and O–H groups in total. The van der Waals surface area contributed by atoms with Crippen molar-refractivity contribution < 1.29 is 0 Å². The van der Waals surface area contributed by atoms with Crippen molar-refractivity contribution in [2.45, 2.75) is 35.8 Å². The summed E-state index contributed by atoms with van der Waals surface area (Å²) < 4.78 is 0. The van der Waals surface area contributed by atoms with E-state index in [4.69, 9.17) is 16.6 Å². The van der Waals surface area contributed by atoms with Crippen molar-refractivity contribution >= 4 is 45.3 Å². The van der Waals surface area contributed by atoms with Crippen molar-refractivity contribution in [2.75, 3.05) is 0 Å². The van der Waals surface area contributed by atoms with E-state index < -0.39 is 0 Å². The average molecular weight is 473 g/mol. The van der Waals surface area contributed by atoms with Crippen LogP contribution in [0.4, 0.5) is 0 Å². The summed E-state index contributed by atoms with van der Waals surface area (Å²) in [6.45, 7) is 0. The monoisotopic (exact) mass is 472 g/mol. The number of rotatable bonds is 4. The maximum absolute atomic E-state index is 12.2. The van der Waals surface area contributed by atoms with Gasteiger partial charge in [0.25, 0.3) is 0 Å². The van der Waals surface area contributed by atoms with Gasteiger partial charge in [-0.25, -0.2) is 4.98 Å². The van der Waals surface area contributed by atoms with Crippen LogP contribution in [0.25, 0.3) is 44.3 Å². The van der Waals surface area contributed by atoms with Crippen LogP contribution in [0.1, 0.15) is 25.7 Å². The first-order chi connectivity index (χ1) is 16.2. The van der Waals surface area contributed by atoms with E-state index in [1.165, 1.54) is 25.7 Å². The van der Waals surface area contributed by atoms with Crippen LogP contribution in [0.15, 0.2) is 70.5 Å². The second-order valence-corrected chi connectivity index (χ2v) is 10.1. The summed E-state index contributed by atoms with van der Waals surface area (Å²) in [6.07, 6.45) is 6.69. The molecule has 0 amide bonds. The lowest BCUT2D eigenvalue weighted by atomic mass is 9.97. The fourth-order valence-corrected chi connectivity index (χ4v) is 6.47. The molecule has 1 fully saturated rings. The van der Waals surface area contributed by atoms with Crippen molar-refractivity contribution in [1.29, 1.82) is 0 Å². The number of benzene rings is 2. The van der Waals surface area contributed by atoms with Crippen molar-refractivity contribution in [3.63, 3.8) is 0 Å². The predicted molar refractivity (Wildman–Crippen MR) is 136 cm³/mol. The molecule has 3 aromatic heterocycles. The zero-order chi connectivity index (χ0) is 22.4. The Kier molecular flexibility index (Phi) is 5.19. The van der Waals surface area contributed by atoms with E-state index in [-0.39, 0.29) is 5.56 Å². The maximum atomic E-state index is 12.2. The van der Waals surface area contributed by atoms with Gasteiger partial charge in [-0.1, -0.05) is 54.8 Å². The minimum absolute atomic E-state index is 0.151. The molecule has 0 bridgehead atoms. The third kappa shape index (κ3) is 3.73. The molecule has 5 aromatic rings. The number of hydrogen-bond donors (Lipinski definition) is 2. The standard InChI is InChI=1S/C26H21ClN4OS/c27-20-13-16(12-17-14-28-31-23(17)20)22-24(15-6-2-1-3-7-15)30-26-19(10-11-21(32)29-26)25(22)33-18-8-4-5-9-18/h1-3,6-7,10-14,18H,4-5,8-9H2,(H,28,31)(H,29,30,32). The Morgan fingerprint density at radius 1 is 1.00 bits per heavy atom. The van der Waals surface area contributed by atoms with Crippen LogP contribution in [0.5, 0.6) is 0 Å². The molecule has 0 saturated heterocycles. The SMILES string of the molecule is O=c1ccc2c(SC3CCCC3)c(-c3cc(Cl)c4[nH]ncc4c3)c(-c3ccccc3)nc2[nH]1. The smallest absolute Gasteiger partial charge is 0.249 e. The van der Waals surface area contributed by atoms with Gasteiger partial charge in [-0.05, 0) is 36.6 Å². The molecule has 1 aliphatic carbocycles. The van der Waals surface area contributed by atoms with E-state index in [2.05, 4.69) is 33.4 Å². The van der Waals surface area contributed by atoms with E-state index in [9.17, 15) is 4.79 Å². The van der Waals surface area contributed by atoms with Gasteiger partial charge in [0, 0.05) is 38.1 Å². The molecule has 0 unspecified atom stereocenters. The number of aromatic nitrogens is 4. The van der Waals surface area contributed by atoms with Gasteiger partial charge in [-0.3, -0.25) is 9.89 Å². The van der Waals surface area contributed by atoms with Crippen LogP contribution in [-0.2, 0) is 0 Å². The van der Waals surface area contributed by atoms with Gasteiger partial charge < -0.3 is 4.98 Å². The lowest BCUT2D eigenvalue weighted by Gasteiger charge is -2.20. The van der Waals surface area contributed by atoms with Gasteiger partial charge in [-0.15, -0.1) is 11.8 Å². The number of nitrogens with one attached hydrogen (secondary N) is 2. The van der Waals surface area contributed by atoms with Gasteiger partial charge in [-0.2, -0.15) is 5.10 Å². The van der Waals surface area contributed by atoms with Crippen LogP contribution in [-0.4, -0.2) is 25.4 Å². The number of halogens is 1. The molecule has 164 valence electrons. The quantitative estimate of drug-likeness (QED) is 0.301. The molecule has 0 radical (unpaired) electrons. The Morgan fingerprint density at radius 3 is 2.64 bits per heavy atom. The van der Waals surface area contributed by atoms with Gasteiger partial charge >= 0.3 is 0 Å². The van der Waals surface area contributed by atoms with Crippen molar-refractivity contribution in [3.8, 4) is 22.4 Å². The Balaban J connectivity index is 1.71. The molecule has 0 spiro atoms. The molecule has 5 nitrogen and oxygen atoms in total. The molecule has 0 aliphatic heterocycles. The van der Waals surface area contributed by atoms with Crippen LogP contribution in [0.2, 0.25) is 5.02 Å². The molecular weight excluding hydrogens is 452 g/mol. The molecule has 2 aromatic carbocycles. The second kappa shape index (κ2) is 8.36. The first-order valence-corrected chi connectivity index (χ1v) is 12.4. The van der Waals surface area contributed by atoms with E-state index >= 15 is 0 Å². The highest BCUT2D eigenvalue weighted by atomic mass is 35.5. The van der Waals surface area contributed by atoms with E-state index in [0.29, 0.717) is 15.9 Å². The summed E-state index contributed by atoms with van der Waals surface area (Å²) in [5.74, 6) is 0. The maximum Gasteiger partial charge on any atom is 0.249 e. The van der Waals surface area contributed by atoms with E-state index in [1.54, 1.807) is 12.3 Å². The topological polar surface area (TPSA) is 74.4 Å². The summed E-state index contributed by atoms with van der Waals surface area (Å²) in [6, 6.07) is 17.7. The fourth-order valence-electron chi connectivity index (χ4n) is 4.67. The number of hydrogen-bond acceptors (Lipinski definition) is 4. The molecular formula is C26H21ClN4OS. The summed E-state index contributed by atoms with van der Waals surface area (Å²) in [5, 5.41) is 10.2. The third-order valence-electron chi connectivity index (χ3n) is 6.25. The Labute approximate surface area is 199 Å². The van der Waals surface area contributed by atoms with E-state index in [1.807, 2.05) is 42.1 Å². The van der Waals surface area contributed by atoms with Gasteiger partial charge in [0.05, 0.1) is 22.4 Å². The van der Waals surface area contributed by atoms with Gasteiger partial charge in [0.2, 0.25) is 5.56 Å². The summed E-state index contributed by atoms with van der Waals surface area (Å²) in [5.41, 5.74) is 5.16. The molecule has 7 heteroatoms. The van der Waals surface area contributed by atoms with Crippen molar-refractivity contribution in [1.82, 2.24) is 20.2 Å². The molecule has 0 atom stereocenters. The number of pyridine rings is 2. The molecule has 6 rings (SSSR count). The molecule has 3 heterocycles. The average Bonchev–Trinajstić information content (AvgIpc) is 3.51. The highest BCUT2D eigenvalue weighted by Gasteiger charge is 2.24. The highest BCUT2D eigenvalue weighted by molar-refractivity contribution is 8.00. The van der Waals surface area contributed by atoms with Crippen LogP contribution in [0, 0.1) is 0 Å². The number of H-pyrrole nitrogens is 2. The number of nitrogens with zero attached hydrogens (tertiary/aromatic N) is 2. The largest absolute Gasteiger partial charge is 0.307 e. The Morgan fingerprint density at radius 2 is 1.82 bits per heavy atom. The van der Waals surface area contributed by atoms with E-state index in [0.717, 1.165) is 43.6 Å². The predicted octanol–water partition coefficient (Wildman–Crippen LogP) is 6.82. The van der Waals surface area contributed by atoms with Crippen LogP contribution >= 0.6 is 23.4 Å². The zero-order valence-corrected chi connectivity index (χ0v) is 19.3. The molecule has 1 aliphatic rings. The Bertz CT molecular complexity index is 1540. The highest BCUT2D eigenvalue weighted by Crippen LogP contribution is 2.47. The summed E-state index contributed by atoms with van der Waals surface area (Å²) >= 11 is 8.57. The number of aromatic amines is 2.